The zero-order valence-corrected chi connectivity index (χ0v) is 19.6. The Labute approximate surface area is 187 Å². The van der Waals surface area contributed by atoms with Crippen LogP contribution < -0.4 is 11.1 Å². The van der Waals surface area contributed by atoms with E-state index in [9.17, 15) is 18.0 Å². The van der Waals surface area contributed by atoms with Gasteiger partial charge in [0, 0.05) is 24.0 Å². The van der Waals surface area contributed by atoms with Gasteiger partial charge in [-0.25, -0.2) is 12.7 Å². The Balaban J connectivity index is 1.80. The zero-order valence-electron chi connectivity index (χ0n) is 17.9. The van der Waals surface area contributed by atoms with E-state index in [4.69, 9.17) is 5.73 Å². The van der Waals surface area contributed by atoms with Crippen LogP contribution in [-0.4, -0.2) is 38.1 Å². The molecule has 0 aliphatic heterocycles. The van der Waals surface area contributed by atoms with Crippen molar-refractivity contribution in [3.63, 3.8) is 0 Å². The van der Waals surface area contributed by atoms with E-state index in [1.165, 1.54) is 39.9 Å². The van der Waals surface area contributed by atoms with E-state index in [0.29, 0.717) is 22.7 Å². The Bertz CT molecular complexity index is 1060. The largest absolute Gasteiger partial charge is 0.365 e. The summed E-state index contributed by atoms with van der Waals surface area (Å²) in [5.74, 6) is -0.937. The van der Waals surface area contributed by atoms with Crippen LogP contribution in [0.4, 0.5) is 5.00 Å². The number of benzene rings is 1. The fourth-order valence-electron chi connectivity index (χ4n) is 3.73. The summed E-state index contributed by atoms with van der Waals surface area (Å²) in [6, 6.07) is 5.84. The number of rotatable bonds is 8. The molecule has 0 fully saturated rings. The normalized spacial score (nSPS) is 14.2. The number of hydrogen-bond acceptors (Lipinski definition) is 5. The summed E-state index contributed by atoms with van der Waals surface area (Å²) >= 11 is 1.41. The number of carbonyl (C=O) groups is 2. The lowest BCUT2D eigenvalue weighted by molar-refractivity contribution is 0.100. The average molecular weight is 464 g/mol. The Morgan fingerprint density at radius 3 is 2.45 bits per heavy atom. The van der Waals surface area contributed by atoms with Crippen molar-refractivity contribution in [3.8, 4) is 0 Å². The second-order valence-electron chi connectivity index (χ2n) is 7.79. The minimum atomic E-state index is -3.59. The molecular weight excluding hydrogens is 434 g/mol. The number of thiophene rings is 1. The molecule has 0 saturated heterocycles. The summed E-state index contributed by atoms with van der Waals surface area (Å²) in [5.41, 5.74) is 7.31. The number of hydrogen-bond donors (Lipinski definition) is 2. The highest BCUT2D eigenvalue weighted by Crippen LogP contribution is 2.37. The molecule has 168 valence electrons. The smallest absolute Gasteiger partial charge is 0.256 e. The summed E-state index contributed by atoms with van der Waals surface area (Å²) < 4.78 is 26.6. The molecule has 2 aromatic rings. The van der Waals surface area contributed by atoms with Gasteiger partial charge in [-0.3, -0.25) is 9.59 Å². The van der Waals surface area contributed by atoms with Crippen LogP contribution in [0.3, 0.4) is 0 Å². The number of carbonyl (C=O) groups excluding carboxylic acids is 2. The van der Waals surface area contributed by atoms with E-state index in [2.05, 4.69) is 5.32 Å². The predicted molar refractivity (Wildman–Crippen MR) is 123 cm³/mol. The second kappa shape index (κ2) is 9.93. The fourth-order valence-corrected chi connectivity index (χ4v) is 6.22. The first kappa shape index (κ1) is 23.4. The third-order valence-corrected chi connectivity index (χ3v) is 8.62. The Morgan fingerprint density at radius 2 is 1.81 bits per heavy atom. The second-order valence-corrected chi connectivity index (χ2v) is 10.9. The molecular formula is C22H29N3O4S2. The van der Waals surface area contributed by atoms with Gasteiger partial charge in [0.05, 0.1) is 10.5 Å². The number of anilines is 1. The molecule has 0 saturated carbocycles. The number of nitrogens with two attached hydrogens (primary N) is 1. The van der Waals surface area contributed by atoms with E-state index in [1.54, 1.807) is 7.05 Å². The molecule has 1 aliphatic carbocycles. The van der Waals surface area contributed by atoms with E-state index in [0.717, 1.165) is 55.4 Å². The number of nitrogens with one attached hydrogen (secondary N) is 1. The quantitative estimate of drug-likeness (QED) is 0.580. The number of unbranched alkanes of at least 4 members (excludes halogenated alkanes) is 1. The molecule has 9 heteroatoms. The highest BCUT2D eigenvalue weighted by atomic mass is 32.2. The molecule has 3 rings (SSSR count). The van der Waals surface area contributed by atoms with Crippen molar-refractivity contribution in [1.82, 2.24) is 4.31 Å². The number of nitrogens with zero attached hydrogens (tertiary/aromatic N) is 1. The monoisotopic (exact) mass is 463 g/mol. The van der Waals surface area contributed by atoms with Gasteiger partial charge in [-0.05, 0) is 61.9 Å². The van der Waals surface area contributed by atoms with Crippen LogP contribution in [0, 0.1) is 0 Å². The van der Waals surface area contributed by atoms with Gasteiger partial charge in [0.25, 0.3) is 11.8 Å². The molecule has 0 unspecified atom stereocenters. The van der Waals surface area contributed by atoms with Crippen molar-refractivity contribution in [2.45, 2.75) is 56.8 Å². The lowest BCUT2D eigenvalue weighted by Gasteiger charge is -2.17. The van der Waals surface area contributed by atoms with Crippen LogP contribution in [0.2, 0.25) is 0 Å². The van der Waals surface area contributed by atoms with Gasteiger partial charge in [-0.2, -0.15) is 0 Å². The molecule has 0 atom stereocenters. The van der Waals surface area contributed by atoms with Crippen LogP contribution in [0.25, 0.3) is 0 Å². The van der Waals surface area contributed by atoms with Crippen LogP contribution in [-0.2, 0) is 22.9 Å². The van der Waals surface area contributed by atoms with Crippen molar-refractivity contribution in [1.29, 1.82) is 0 Å². The molecule has 3 N–H and O–H groups in total. The van der Waals surface area contributed by atoms with Gasteiger partial charge in [-0.15, -0.1) is 11.3 Å². The highest BCUT2D eigenvalue weighted by molar-refractivity contribution is 7.89. The van der Waals surface area contributed by atoms with Crippen LogP contribution in [0.1, 0.15) is 70.2 Å². The maximum atomic E-state index is 12.8. The maximum Gasteiger partial charge on any atom is 0.256 e. The first-order valence-corrected chi connectivity index (χ1v) is 12.8. The summed E-state index contributed by atoms with van der Waals surface area (Å²) in [5, 5.41) is 3.29. The van der Waals surface area contributed by atoms with Gasteiger partial charge >= 0.3 is 0 Å². The van der Waals surface area contributed by atoms with Crippen LogP contribution in [0.15, 0.2) is 29.2 Å². The summed E-state index contributed by atoms with van der Waals surface area (Å²) in [6.45, 7) is 2.45. The Kier molecular flexibility index (Phi) is 7.51. The van der Waals surface area contributed by atoms with Gasteiger partial charge in [0.1, 0.15) is 5.00 Å². The van der Waals surface area contributed by atoms with Crippen LogP contribution >= 0.6 is 11.3 Å². The molecule has 0 spiro atoms. The van der Waals surface area contributed by atoms with E-state index < -0.39 is 21.8 Å². The van der Waals surface area contributed by atoms with E-state index >= 15 is 0 Å². The molecule has 2 amide bonds. The van der Waals surface area contributed by atoms with Crippen molar-refractivity contribution in [3.05, 3.63) is 45.8 Å². The molecule has 1 aliphatic rings. The first-order valence-electron chi connectivity index (χ1n) is 10.6. The summed E-state index contributed by atoms with van der Waals surface area (Å²) in [7, 11) is -2.04. The van der Waals surface area contributed by atoms with Gasteiger partial charge in [-0.1, -0.05) is 19.8 Å². The van der Waals surface area contributed by atoms with E-state index in [1.807, 2.05) is 6.92 Å². The minimum Gasteiger partial charge on any atom is -0.365 e. The minimum absolute atomic E-state index is 0.142. The van der Waals surface area contributed by atoms with Crippen molar-refractivity contribution < 1.29 is 18.0 Å². The molecule has 1 aromatic heterocycles. The third kappa shape index (κ3) is 5.16. The Morgan fingerprint density at radius 1 is 1.13 bits per heavy atom. The number of amides is 2. The fraction of sp³-hybridized carbons (Fsp3) is 0.455. The molecule has 0 radical (unpaired) electrons. The lowest BCUT2D eigenvalue weighted by atomic mass is 10.1. The SMILES string of the molecule is CCCCN(C)S(=O)(=O)c1ccc(C(=O)Nc2sc3c(c2C(N)=O)CCCCC3)cc1. The summed E-state index contributed by atoms with van der Waals surface area (Å²) in [6.07, 6.45) is 6.53. The highest BCUT2D eigenvalue weighted by Gasteiger charge is 2.25. The number of primary amides is 1. The lowest BCUT2D eigenvalue weighted by Crippen LogP contribution is -2.28. The summed E-state index contributed by atoms with van der Waals surface area (Å²) in [4.78, 5) is 26.1. The van der Waals surface area contributed by atoms with Crippen molar-refractivity contribution in [2.75, 3.05) is 18.9 Å². The zero-order chi connectivity index (χ0) is 22.6. The molecule has 31 heavy (non-hydrogen) atoms. The topological polar surface area (TPSA) is 110 Å². The Hall–Kier alpha value is -2.23. The van der Waals surface area contributed by atoms with Crippen LogP contribution in [0.5, 0.6) is 0 Å². The maximum absolute atomic E-state index is 12.8. The number of sulfonamides is 1. The van der Waals surface area contributed by atoms with Gasteiger partial charge in [0.15, 0.2) is 0 Å². The molecule has 1 heterocycles. The standard InChI is InChI=1S/C22H29N3O4S2/c1-3-4-14-25(2)31(28,29)16-12-10-15(11-13-16)21(27)24-22-19(20(23)26)17-8-6-5-7-9-18(17)30-22/h10-13H,3-9,14H2,1-2H3,(H2,23,26)(H,24,27). The predicted octanol–water partition coefficient (Wildman–Crippen LogP) is 3.79. The van der Waals surface area contributed by atoms with Crippen molar-refractivity contribution in [2.24, 2.45) is 5.73 Å². The van der Waals surface area contributed by atoms with Gasteiger partial charge < -0.3 is 11.1 Å². The average Bonchev–Trinajstić information content (AvgIpc) is 2.92. The molecule has 7 nitrogen and oxygen atoms in total. The van der Waals surface area contributed by atoms with Crippen molar-refractivity contribution >= 4 is 38.2 Å². The third-order valence-electron chi connectivity index (χ3n) is 5.55. The van der Waals surface area contributed by atoms with Gasteiger partial charge in [0.2, 0.25) is 10.0 Å². The molecule has 0 bridgehead atoms. The number of aryl methyl sites for hydroxylation is 1. The number of fused-ring (bicyclic) bond motifs is 1. The first-order chi connectivity index (χ1) is 14.8. The van der Waals surface area contributed by atoms with E-state index in [-0.39, 0.29) is 4.90 Å². The molecule has 1 aromatic carbocycles.